The summed E-state index contributed by atoms with van der Waals surface area (Å²) >= 11 is 0. The molecule has 4 bridgehead atoms. The molecule has 2 unspecified atom stereocenters. The summed E-state index contributed by atoms with van der Waals surface area (Å²) in [5, 5.41) is 1.41. The number of alkyl halides is 1. The molecule has 8 heterocycles. The zero-order valence-corrected chi connectivity index (χ0v) is 30.4. The van der Waals surface area contributed by atoms with Gasteiger partial charge in [0.25, 0.3) is 0 Å². The summed E-state index contributed by atoms with van der Waals surface area (Å²) in [7, 11) is 0. The fraction of sp³-hybridized carbons (Fsp3) is 0.463. The third kappa shape index (κ3) is 5.57. The number of nitrogen functional groups attached to an aromatic ring is 1. The number of benzene rings is 2. The Balaban J connectivity index is 1.15. The second-order valence-electron chi connectivity index (χ2n) is 15.8. The Kier molecular flexibility index (Phi) is 8.11. The highest BCUT2D eigenvalue weighted by atomic mass is 19.1. The molecular weight excluding hydrogens is 711 g/mol. The van der Waals surface area contributed by atoms with Crippen LogP contribution in [0, 0.1) is 36.8 Å². The van der Waals surface area contributed by atoms with Crippen molar-refractivity contribution in [3.8, 4) is 29.6 Å². The Bertz CT molecular complexity index is 2470. The molecule has 7 atom stereocenters. The molecule has 0 radical (unpaired) electrons. The van der Waals surface area contributed by atoms with Crippen molar-refractivity contribution in [3.05, 3.63) is 69.3 Å². The Hall–Kier alpha value is -5.13. The summed E-state index contributed by atoms with van der Waals surface area (Å²) in [6.45, 7) is 3.72. The van der Waals surface area contributed by atoms with E-state index >= 15 is 8.78 Å². The normalized spacial score (nSPS) is 27.5. The molecular formula is C41H40F3N7O4. The average molecular weight is 752 g/mol. The quantitative estimate of drug-likeness (QED) is 0.162. The Morgan fingerprint density at radius 3 is 2.71 bits per heavy atom. The summed E-state index contributed by atoms with van der Waals surface area (Å²) in [4.78, 5) is 33.5. The van der Waals surface area contributed by atoms with Crippen LogP contribution in [0.3, 0.4) is 0 Å². The predicted molar refractivity (Wildman–Crippen MR) is 199 cm³/mol. The highest BCUT2D eigenvalue weighted by molar-refractivity contribution is 6.04. The van der Waals surface area contributed by atoms with Gasteiger partial charge in [0.05, 0.1) is 23.2 Å². The van der Waals surface area contributed by atoms with E-state index in [4.69, 9.17) is 40.7 Å². The smallest absolute Gasteiger partial charge is 0.444 e. The lowest BCUT2D eigenvalue weighted by Gasteiger charge is -2.48. The van der Waals surface area contributed by atoms with Crippen LogP contribution in [0.15, 0.2) is 37.9 Å². The van der Waals surface area contributed by atoms with Gasteiger partial charge in [0, 0.05) is 60.3 Å². The van der Waals surface area contributed by atoms with Crippen molar-refractivity contribution >= 4 is 33.2 Å². The summed E-state index contributed by atoms with van der Waals surface area (Å²) in [6, 6.07) is 6.33. The number of aryl methyl sites for hydroxylation is 2. The minimum atomic E-state index is -0.943. The van der Waals surface area contributed by atoms with Crippen LogP contribution in [0.4, 0.5) is 24.7 Å². The third-order valence-corrected chi connectivity index (χ3v) is 12.6. The first-order valence-electron chi connectivity index (χ1n) is 19.2. The topological polar surface area (TPSA) is 127 Å². The van der Waals surface area contributed by atoms with E-state index in [9.17, 15) is 9.18 Å². The first kappa shape index (κ1) is 34.4. The van der Waals surface area contributed by atoms with E-state index < -0.39 is 29.9 Å². The molecule has 5 aromatic rings. The van der Waals surface area contributed by atoms with Gasteiger partial charge in [-0.2, -0.15) is 9.97 Å². The van der Waals surface area contributed by atoms with Crippen LogP contribution in [-0.4, -0.2) is 74.9 Å². The molecule has 0 amide bonds. The van der Waals surface area contributed by atoms with E-state index in [2.05, 4.69) is 15.7 Å². The predicted octanol–water partition coefficient (Wildman–Crippen LogP) is 6.26. The van der Waals surface area contributed by atoms with E-state index in [1.165, 1.54) is 6.07 Å². The highest BCUT2D eigenvalue weighted by Gasteiger charge is 2.48. The minimum Gasteiger partial charge on any atom is -0.444 e. The molecule has 0 saturated carbocycles. The molecule has 2 aromatic carbocycles. The van der Waals surface area contributed by atoms with Gasteiger partial charge in [-0.15, -0.1) is 6.42 Å². The molecule has 3 aromatic heterocycles. The number of nitrogens with zero attached hydrogens (tertiary/aromatic N) is 6. The summed E-state index contributed by atoms with van der Waals surface area (Å²) in [5.74, 6) is 1.91. The molecule has 4 fully saturated rings. The zero-order valence-electron chi connectivity index (χ0n) is 30.4. The van der Waals surface area contributed by atoms with Crippen LogP contribution >= 0.6 is 0 Å². The summed E-state index contributed by atoms with van der Waals surface area (Å²) in [5.41, 5.74) is 7.59. The van der Waals surface area contributed by atoms with Gasteiger partial charge in [-0.1, -0.05) is 12.0 Å². The fourth-order valence-electron chi connectivity index (χ4n) is 10.3. The largest absolute Gasteiger partial charge is 0.519 e. The van der Waals surface area contributed by atoms with Crippen molar-refractivity contribution in [2.24, 2.45) is 5.92 Å². The van der Waals surface area contributed by atoms with Crippen LogP contribution in [-0.2, 0) is 13.0 Å². The monoisotopic (exact) mass is 751 g/mol. The minimum absolute atomic E-state index is 0.00338. The molecule has 14 heteroatoms. The fourth-order valence-corrected chi connectivity index (χ4v) is 10.3. The number of rotatable bonds is 5. The van der Waals surface area contributed by atoms with Gasteiger partial charge in [0.2, 0.25) is 0 Å². The lowest BCUT2D eigenvalue weighted by atomic mass is 9.86. The van der Waals surface area contributed by atoms with Crippen molar-refractivity contribution in [1.29, 1.82) is 0 Å². The van der Waals surface area contributed by atoms with E-state index in [-0.39, 0.29) is 58.9 Å². The number of fused-ring (bicyclic) bond motifs is 8. The second-order valence-corrected chi connectivity index (χ2v) is 15.8. The van der Waals surface area contributed by atoms with Gasteiger partial charge in [-0.25, -0.2) is 22.9 Å². The lowest BCUT2D eigenvalue weighted by Crippen LogP contribution is -2.60. The van der Waals surface area contributed by atoms with Gasteiger partial charge in [0.15, 0.2) is 17.8 Å². The Morgan fingerprint density at radius 2 is 1.91 bits per heavy atom. The number of piperazine rings is 1. The van der Waals surface area contributed by atoms with Crippen LogP contribution in [0.25, 0.3) is 32.9 Å². The number of hydrogen-bond donors (Lipinski definition) is 1. The number of piperidine rings is 2. The molecule has 4 saturated heterocycles. The van der Waals surface area contributed by atoms with E-state index in [1.54, 1.807) is 25.1 Å². The molecule has 5 aliphatic heterocycles. The van der Waals surface area contributed by atoms with E-state index in [0.29, 0.717) is 77.4 Å². The molecule has 2 N–H and O–H groups in total. The number of aromatic nitrogens is 3. The molecule has 0 aliphatic carbocycles. The number of nitrogens with two attached hydrogens (primary N) is 1. The number of terminal acetylenes is 1. The maximum Gasteiger partial charge on any atom is 0.519 e. The second kappa shape index (κ2) is 13.0. The summed E-state index contributed by atoms with van der Waals surface area (Å²) in [6.07, 6.45) is 10.5. The maximum absolute atomic E-state index is 17.6. The zero-order chi connectivity index (χ0) is 37.7. The molecule has 5 aliphatic rings. The van der Waals surface area contributed by atoms with Gasteiger partial charge < -0.3 is 24.2 Å². The van der Waals surface area contributed by atoms with Gasteiger partial charge in [-0.3, -0.25) is 9.80 Å². The molecule has 10 rings (SSSR count). The SMILES string of the molecule is C#Cc1c(F)ccc2cc(N)cc(-c3nc4c5c(nc(OC6[C@@H]7CCCN6C[C@H](F)C7)nc5c3F)N3C[C@H]5CC[C@@H]([C@H]3CCC4)N5Cc3oc(=O)oc3C)c12. The third-order valence-electron chi connectivity index (χ3n) is 12.6. The number of halogens is 3. The number of anilines is 2. The first-order chi connectivity index (χ1) is 26.6. The maximum atomic E-state index is 17.6. The molecule has 0 spiro atoms. The Labute approximate surface area is 314 Å². The van der Waals surface area contributed by atoms with E-state index in [1.807, 2.05) is 4.90 Å². The average Bonchev–Trinajstić information content (AvgIpc) is 3.62. The molecule has 11 nitrogen and oxygen atoms in total. The highest BCUT2D eigenvalue weighted by Crippen LogP contribution is 2.46. The molecule has 284 valence electrons. The number of pyridine rings is 1. The van der Waals surface area contributed by atoms with Crippen molar-refractivity contribution in [2.45, 2.75) is 95.4 Å². The van der Waals surface area contributed by atoms with Crippen molar-refractivity contribution in [2.75, 3.05) is 30.3 Å². The van der Waals surface area contributed by atoms with Crippen LogP contribution in [0.5, 0.6) is 6.01 Å². The van der Waals surface area contributed by atoms with Crippen LogP contribution < -0.4 is 21.2 Å². The molecule has 55 heavy (non-hydrogen) atoms. The van der Waals surface area contributed by atoms with Gasteiger partial charge in [-0.05, 0) is 81.9 Å². The van der Waals surface area contributed by atoms with E-state index in [0.717, 1.165) is 38.5 Å². The van der Waals surface area contributed by atoms with Crippen LogP contribution in [0.2, 0.25) is 0 Å². The van der Waals surface area contributed by atoms with Gasteiger partial charge in [0.1, 0.15) is 34.8 Å². The Morgan fingerprint density at radius 1 is 1.04 bits per heavy atom. The number of hydrogen-bond acceptors (Lipinski definition) is 11. The van der Waals surface area contributed by atoms with Crippen molar-refractivity contribution in [1.82, 2.24) is 24.8 Å². The van der Waals surface area contributed by atoms with Crippen molar-refractivity contribution in [3.63, 3.8) is 0 Å². The number of ether oxygens (including phenoxy) is 1. The van der Waals surface area contributed by atoms with Crippen molar-refractivity contribution < 1.29 is 26.7 Å². The standard InChI is InChI=1S/C41H40F3N7O4/c1-3-26-28(43)11-9-21-15-24(45)16-27(33(21)26)36-35(44)37-34-29(46-36)7-4-8-30-31-12-10-25(50(31)19-32-20(2)53-41(52)54-32)18-51(30)38(34)48-40(47-37)55-39-22-6-5-13-49(39)17-23(42)14-22/h1,9,11,15-16,22-23,25,30-31,39H,4-8,10,12-14,17-19,45H2,2H3/t22-,23-,25-,30-,31+,39?/m1/s1. The van der Waals surface area contributed by atoms with Crippen LogP contribution in [0.1, 0.15) is 67.7 Å². The van der Waals surface area contributed by atoms with Gasteiger partial charge >= 0.3 is 11.8 Å². The first-order valence-corrected chi connectivity index (χ1v) is 19.2. The lowest BCUT2D eigenvalue weighted by molar-refractivity contribution is -0.0989. The summed E-state index contributed by atoms with van der Waals surface area (Å²) < 4.78 is 64.7.